The van der Waals surface area contributed by atoms with Crippen molar-refractivity contribution in [2.75, 3.05) is 24.3 Å². The van der Waals surface area contributed by atoms with E-state index in [2.05, 4.69) is 28.3 Å². The highest BCUT2D eigenvalue weighted by molar-refractivity contribution is 7.92. The fraction of sp³-hybridized carbons (Fsp3) is 0.286. The number of anilines is 2. The summed E-state index contributed by atoms with van der Waals surface area (Å²) in [6.07, 6.45) is 5.26. The monoisotopic (exact) mass is 490 g/mol. The Balaban J connectivity index is 1.50. The molecule has 1 heterocycles. The van der Waals surface area contributed by atoms with E-state index in [0.29, 0.717) is 11.4 Å². The molecule has 35 heavy (non-hydrogen) atoms. The maximum absolute atomic E-state index is 13.2. The number of ether oxygens (including phenoxy) is 2. The minimum atomic E-state index is -3.73. The van der Waals surface area contributed by atoms with Crippen LogP contribution >= 0.6 is 0 Å². The third-order valence-corrected chi connectivity index (χ3v) is 8.55. The number of nitrogens with one attached hydrogen (secondary N) is 2. The number of para-hydroxylation sites is 1. The molecule has 0 saturated carbocycles. The van der Waals surface area contributed by atoms with Gasteiger partial charge in [-0.1, -0.05) is 30.4 Å². The molecule has 0 bridgehead atoms. The molecule has 6 nitrogen and oxygen atoms in total. The number of aryl methyl sites for hydroxylation is 2. The smallest absolute Gasteiger partial charge is 0.261 e. The molecule has 7 heteroatoms. The number of hydrogen-bond acceptors (Lipinski definition) is 5. The molecular formula is C28H30N2O4S. The molecule has 0 aromatic heterocycles. The van der Waals surface area contributed by atoms with E-state index in [4.69, 9.17) is 9.47 Å². The minimum Gasteiger partial charge on any atom is -0.493 e. The van der Waals surface area contributed by atoms with Crippen LogP contribution in [0.3, 0.4) is 0 Å². The van der Waals surface area contributed by atoms with Crippen molar-refractivity contribution in [2.24, 2.45) is 5.92 Å². The lowest BCUT2D eigenvalue weighted by atomic mass is 9.77. The Kier molecular flexibility index (Phi) is 5.97. The van der Waals surface area contributed by atoms with Crippen LogP contribution in [0.5, 0.6) is 11.5 Å². The second kappa shape index (κ2) is 8.96. The SMILES string of the molecule is COc1cccc([C@@H]2Nc3ccc(S(=O)(=O)Nc4ccc(C)c(C)c4)cc3[C@H]3C=CC[C@H]32)c1OC. The third kappa shape index (κ3) is 4.14. The first kappa shape index (κ1) is 23.3. The van der Waals surface area contributed by atoms with E-state index in [-0.39, 0.29) is 22.8 Å². The summed E-state index contributed by atoms with van der Waals surface area (Å²) in [5.74, 6) is 1.75. The molecule has 0 unspecified atom stereocenters. The fourth-order valence-electron chi connectivity index (χ4n) is 5.22. The topological polar surface area (TPSA) is 76.7 Å². The lowest BCUT2D eigenvalue weighted by Crippen LogP contribution is -2.29. The summed E-state index contributed by atoms with van der Waals surface area (Å²) in [7, 11) is -0.436. The van der Waals surface area contributed by atoms with Crippen LogP contribution in [-0.4, -0.2) is 22.6 Å². The van der Waals surface area contributed by atoms with Crippen LogP contribution in [0.25, 0.3) is 0 Å². The zero-order valence-corrected chi connectivity index (χ0v) is 21.1. The van der Waals surface area contributed by atoms with Crippen LogP contribution in [-0.2, 0) is 10.0 Å². The lowest BCUT2D eigenvalue weighted by Gasteiger charge is -2.38. The zero-order valence-electron chi connectivity index (χ0n) is 20.3. The molecule has 3 atom stereocenters. The summed E-state index contributed by atoms with van der Waals surface area (Å²) >= 11 is 0. The number of fused-ring (bicyclic) bond motifs is 3. The van der Waals surface area contributed by atoms with Gasteiger partial charge in [-0.25, -0.2) is 8.42 Å². The second-order valence-corrected chi connectivity index (χ2v) is 10.9. The van der Waals surface area contributed by atoms with Crippen LogP contribution in [0.2, 0.25) is 0 Å². The van der Waals surface area contributed by atoms with Gasteiger partial charge in [0.05, 0.1) is 25.2 Å². The highest BCUT2D eigenvalue weighted by Gasteiger charge is 2.40. The van der Waals surface area contributed by atoms with Gasteiger partial charge >= 0.3 is 0 Å². The second-order valence-electron chi connectivity index (χ2n) is 9.21. The van der Waals surface area contributed by atoms with Gasteiger partial charge in [0.25, 0.3) is 10.0 Å². The van der Waals surface area contributed by atoms with E-state index < -0.39 is 10.0 Å². The molecule has 0 radical (unpaired) electrons. The Morgan fingerprint density at radius 3 is 2.51 bits per heavy atom. The highest BCUT2D eigenvalue weighted by Crippen LogP contribution is 2.52. The molecule has 0 spiro atoms. The number of methoxy groups -OCH3 is 2. The predicted molar refractivity (Wildman–Crippen MR) is 139 cm³/mol. The maximum Gasteiger partial charge on any atom is 0.261 e. The van der Waals surface area contributed by atoms with E-state index in [9.17, 15) is 8.42 Å². The number of rotatable bonds is 6. The van der Waals surface area contributed by atoms with Gasteiger partial charge in [-0.2, -0.15) is 0 Å². The molecule has 1 aliphatic heterocycles. The molecule has 2 N–H and O–H groups in total. The van der Waals surface area contributed by atoms with Crippen molar-refractivity contribution in [1.29, 1.82) is 0 Å². The summed E-state index contributed by atoms with van der Waals surface area (Å²) in [4.78, 5) is 0.257. The van der Waals surface area contributed by atoms with Gasteiger partial charge in [0.15, 0.2) is 11.5 Å². The van der Waals surface area contributed by atoms with Crippen molar-refractivity contribution < 1.29 is 17.9 Å². The van der Waals surface area contributed by atoms with E-state index in [0.717, 1.165) is 40.1 Å². The zero-order chi connectivity index (χ0) is 24.7. The van der Waals surface area contributed by atoms with Gasteiger partial charge in [-0.05, 0) is 79.3 Å². The fourth-order valence-corrected chi connectivity index (χ4v) is 6.31. The van der Waals surface area contributed by atoms with E-state index >= 15 is 0 Å². The average molecular weight is 491 g/mol. The molecule has 3 aromatic rings. The molecule has 5 rings (SSSR count). The maximum atomic E-state index is 13.2. The summed E-state index contributed by atoms with van der Waals surface area (Å²) in [6.45, 7) is 3.97. The van der Waals surface area contributed by atoms with Crippen molar-refractivity contribution in [2.45, 2.75) is 37.1 Å². The van der Waals surface area contributed by atoms with Crippen LogP contribution in [0.4, 0.5) is 11.4 Å². The Morgan fingerprint density at radius 2 is 1.77 bits per heavy atom. The Bertz CT molecular complexity index is 1410. The normalized spacial score (nSPS) is 20.5. The minimum absolute atomic E-state index is 0.00339. The molecule has 0 amide bonds. The van der Waals surface area contributed by atoms with Crippen molar-refractivity contribution in [3.05, 3.63) is 89.0 Å². The Morgan fingerprint density at radius 1 is 0.943 bits per heavy atom. The number of sulfonamides is 1. The van der Waals surface area contributed by atoms with Crippen LogP contribution < -0.4 is 19.5 Å². The molecule has 2 aliphatic rings. The van der Waals surface area contributed by atoms with Crippen molar-refractivity contribution >= 4 is 21.4 Å². The van der Waals surface area contributed by atoms with Gasteiger partial charge < -0.3 is 14.8 Å². The number of benzene rings is 3. The number of allylic oxidation sites excluding steroid dienone is 2. The molecule has 1 aliphatic carbocycles. The van der Waals surface area contributed by atoms with Gasteiger partial charge in [-0.3, -0.25) is 4.72 Å². The average Bonchev–Trinajstić information content (AvgIpc) is 3.35. The molecular weight excluding hydrogens is 460 g/mol. The summed E-state index contributed by atoms with van der Waals surface area (Å²) in [5, 5.41) is 3.66. The largest absolute Gasteiger partial charge is 0.493 e. The van der Waals surface area contributed by atoms with Crippen LogP contribution in [0, 0.1) is 19.8 Å². The quantitative estimate of drug-likeness (QED) is 0.418. The number of hydrogen-bond donors (Lipinski definition) is 2. The first-order chi connectivity index (χ1) is 16.8. The lowest BCUT2D eigenvalue weighted by molar-refractivity contribution is 0.341. The van der Waals surface area contributed by atoms with Gasteiger partial charge in [0.2, 0.25) is 0 Å². The molecule has 0 saturated heterocycles. The molecule has 182 valence electrons. The van der Waals surface area contributed by atoms with Crippen molar-refractivity contribution in [1.82, 2.24) is 0 Å². The Labute approximate surface area is 207 Å². The highest BCUT2D eigenvalue weighted by atomic mass is 32.2. The summed E-state index contributed by atoms with van der Waals surface area (Å²) in [5.41, 5.74) is 5.67. The summed E-state index contributed by atoms with van der Waals surface area (Å²) in [6, 6.07) is 16.8. The molecule has 0 fully saturated rings. The Hall–Kier alpha value is -3.45. The standard InChI is InChI=1S/C28H30N2O4S/c1-17-11-12-19(15-18(17)2)30-35(31,32)20-13-14-25-24(16-20)21-7-5-8-22(21)27(29-25)23-9-6-10-26(33-3)28(23)34-4/h5-7,9-16,21-22,27,29-30H,8H2,1-4H3/t21-,22+,27+/m0/s1. The first-order valence-electron chi connectivity index (χ1n) is 11.7. The van der Waals surface area contributed by atoms with E-state index in [1.807, 2.05) is 44.2 Å². The van der Waals surface area contributed by atoms with E-state index in [1.165, 1.54) is 0 Å². The van der Waals surface area contributed by atoms with Gasteiger partial charge in [-0.15, -0.1) is 0 Å². The first-order valence-corrected chi connectivity index (χ1v) is 13.2. The van der Waals surface area contributed by atoms with Gasteiger partial charge in [0.1, 0.15) is 0 Å². The van der Waals surface area contributed by atoms with Gasteiger partial charge in [0, 0.05) is 22.9 Å². The van der Waals surface area contributed by atoms with Crippen molar-refractivity contribution in [3.8, 4) is 11.5 Å². The predicted octanol–water partition coefficient (Wildman–Crippen LogP) is 5.95. The third-order valence-electron chi connectivity index (χ3n) is 7.17. The summed E-state index contributed by atoms with van der Waals surface area (Å²) < 4.78 is 40.4. The van der Waals surface area contributed by atoms with Crippen LogP contribution in [0.1, 0.15) is 40.6 Å². The van der Waals surface area contributed by atoms with Crippen LogP contribution in [0.15, 0.2) is 71.6 Å². The van der Waals surface area contributed by atoms with Crippen molar-refractivity contribution in [3.63, 3.8) is 0 Å². The molecule has 3 aromatic carbocycles. The van der Waals surface area contributed by atoms with E-state index in [1.54, 1.807) is 32.4 Å².